The van der Waals surface area contributed by atoms with Crippen molar-refractivity contribution in [1.29, 1.82) is 0 Å². The number of carbonyl (C=O) groups is 2. The molecule has 2 aromatic carbocycles. The van der Waals surface area contributed by atoms with Gasteiger partial charge in [0.2, 0.25) is 11.8 Å². The highest BCUT2D eigenvalue weighted by Crippen LogP contribution is 2.26. The first kappa shape index (κ1) is 21.6. The zero-order valence-electron chi connectivity index (χ0n) is 18.1. The highest BCUT2D eigenvalue weighted by Gasteiger charge is 2.35. The van der Waals surface area contributed by atoms with Crippen molar-refractivity contribution in [3.63, 3.8) is 0 Å². The van der Waals surface area contributed by atoms with Crippen LogP contribution in [-0.2, 0) is 16.0 Å². The summed E-state index contributed by atoms with van der Waals surface area (Å²) in [6.07, 6.45) is 5.43. The number of pyridine rings is 1. The maximum absolute atomic E-state index is 12.3. The summed E-state index contributed by atoms with van der Waals surface area (Å²) < 4.78 is 11.3. The Morgan fingerprint density at radius 3 is 2.41 bits per heavy atom. The molecule has 6 heteroatoms. The van der Waals surface area contributed by atoms with E-state index >= 15 is 0 Å². The molecule has 0 spiro atoms. The van der Waals surface area contributed by atoms with Gasteiger partial charge in [-0.3, -0.25) is 19.5 Å². The number of likely N-dealkylation sites (tertiary alicyclic amines) is 1. The minimum absolute atomic E-state index is 0.122. The van der Waals surface area contributed by atoms with Crippen molar-refractivity contribution in [2.24, 2.45) is 0 Å². The van der Waals surface area contributed by atoms with E-state index in [1.165, 1.54) is 4.90 Å². The first-order chi connectivity index (χ1) is 15.6. The summed E-state index contributed by atoms with van der Waals surface area (Å²) in [5, 5.41) is 0. The molecule has 2 heterocycles. The Morgan fingerprint density at radius 1 is 0.938 bits per heavy atom. The smallest absolute Gasteiger partial charge is 0.230 e. The van der Waals surface area contributed by atoms with Crippen LogP contribution in [0.1, 0.15) is 24.8 Å². The number of nitrogens with zero attached hydrogens (tertiary/aromatic N) is 2. The number of hydrogen-bond donors (Lipinski definition) is 0. The molecule has 0 radical (unpaired) electrons. The number of aryl methyl sites for hydroxylation is 1. The maximum atomic E-state index is 12.3. The summed E-state index contributed by atoms with van der Waals surface area (Å²) in [7, 11) is 1.65. The molecule has 0 saturated carbocycles. The second-order valence-corrected chi connectivity index (χ2v) is 7.78. The summed E-state index contributed by atoms with van der Waals surface area (Å²) in [5.74, 6) is 1.26. The van der Waals surface area contributed by atoms with Gasteiger partial charge >= 0.3 is 0 Å². The van der Waals surface area contributed by atoms with Crippen LogP contribution >= 0.6 is 0 Å². The van der Waals surface area contributed by atoms with E-state index in [1.54, 1.807) is 13.3 Å². The molecule has 1 atom stereocenters. The molecule has 1 fully saturated rings. The molecule has 1 saturated heterocycles. The highest BCUT2D eigenvalue weighted by atomic mass is 16.5. The first-order valence-electron chi connectivity index (χ1n) is 10.7. The van der Waals surface area contributed by atoms with Gasteiger partial charge in [0.05, 0.1) is 13.2 Å². The number of ether oxygens (including phenoxy) is 2. The van der Waals surface area contributed by atoms with Crippen molar-refractivity contribution >= 4 is 11.8 Å². The standard InChI is InChI=1S/C26H26N2O4/c1-31-24-6-2-5-21(16-24)20-8-11-23(12-9-20)32-18-22(28-25(29)13-14-26(28)30)10-7-19-4-3-15-27-17-19/h2-6,8-9,11-12,15-17,22H,7,10,13-14,18H2,1H3. The topological polar surface area (TPSA) is 68.7 Å². The van der Waals surface area contributed by atoms with Crippen LogP contribution in [0.3, 0.4) is 0 Å². The fraction of sp³-hybridized carbons (Fsp3) is 0.269. The Bertz CT molecular complexity index is 1050. The van der Waals surface area contributed by atoms with E-state index in [4.69, 9.17) is 9.47 Å². The summed E-state index contributed by atoms with van der Waals surface area (Å²) in [6.45, 7) is 0.260. The van der Waals surface area contributed by atoms with Crippen LogP contribution in [0, 0.1) is 0 Å². The summed E-state index contributed by atoms with van der Waals surface area (Å²) in [4.78, 5) is 30.2. The average molecular weight is 431 g/mol. The molecule has 32 heavy (non-hydrogen) atoms. The molecule has 0 aliphatic carbocycles. The number of benzene rings is 2. The molecule has 3 aromatic rings. The van der Waals surface area contributed by atoms with Gasteiger partial charge in [-0.15, -0.1) is 0 Å². The van der Waals surface area contributed by atoms with Crippen molar-refractivity contribution in [3.8, 4) is 22.6 Å². The molecule has 1 aliphatic heterocycles. The minimum Gasteiger partial charge on any atom is -0.497 e. The van der Waals surface area contributed by atoms with E-state index in [-0.39, 0.29) is 37.3 Å². The molecule has 164 valence electrons. The number of aromatic nitrogens is 1. The van der Waals surface area contributed by atoms with Crippen molar-refractivity contribution in [3.05, 3.63) is 78.6 Å². The third-order valence-corrected chi connectivity index (χ3v) is 5.64. The monoisotopic (exact) mass is 430 g/mol. The lowest BCUT2D eigenvalue weighted by molar-refractivity contribution is -0.142. The van der Waals surface area contributed by atoms with Crippen LogP contribution in [0.4, 0.5) is 0 Å². The Labute approximate surface area is 187 Å². The van der Waals surface area contributed by atoms with Gasteiger partial charge in [-0.1, -0.05) is 30.3 Å². The van der Waals surface area contributed by atoms with E-state index in [0.717, 1.165) is 22.4 Å². The molecule has 0 N–H and O–H groups in total. The highest BCUT2D eigenvalue weighted by molar-refractivity contribution is 6.02. The van der Waals surface area contributed by atoms with Gasteiger partial charge in [-0.2, -0.15) is 0 Å². The van der Waals surface area contributed by atoms with Gasteiger partial charge in [0.25, 0.3) is 0 Å². The zero-order valence-corrected chi connectivity index (χ0v) is 18.1. The van der Waals surface area contributed by atoms with Gasteiger partial charge in [0, 0.05) is 25.2 Å². The third kappa shape index (κ3) is 5.14. The van der Waals surface area contributed by atoms with Crippen molar-refractivity contribution in [2.45, 2.75) is 31.7 Å². The Balaban J connectivity index is 1.43. The largest absolute Gasteiger partial charge is 0.497 e. The normalized spacial score (nSPS) is 14.5. The number of hydrogen-bond acceptors (Lipinski definition) is 5. The Morgan fingerprint density at radius 2 is 1.72 bits per heavy atom. The van der Waals surface area contributed by atoms with Gasteiger partial charge in [0.15, 0.2) is 0 Å². The maximum Gasteiger partial charge on any atom is 0.230 e. The number of rotatable bonds is 9. The van der Waals surface area contributed by atoms with Gasteiger partial charge in [-0.25, -0.2) is 0 Å². The van der Waals surface area contributed by atoms with Crippen LogP contribution in [-0.4, -0.2) is 41.5 Å². The van der Waals surface area contributed by atoms with E-state index in [0.29, 0.717) is 18.6 Å². The van der Waals surface area contributed by atoms with Crippen molar-refractivity contribution in [1.82, 2.24) is 9.88 Å². The molecule has 1 aromatic heterocycles. The predicted molar refractivity (Wildman–Crippen MR) is 121 cm³/mol. The number of methoxy groups -OCH3 is 1. The number of amides is 2. The molecular formula is C26H26N2O4. The van der Waals surface area contributed by atoms with Crippen LogP contribution in [0.25, 0.3) is 11.1 Å². The third-order valence-electron chi connectivity index (χ3n) is 5.64. The van der Waals surface area contributed by atoms with Crippen LogP contribution in [0.15, 0.2) is 73.1 Å². The van der Waals surface area contributed by atoms with Crippen molar-refractivity contribution in [2.75, 3.05) is 13.7 Å². The quantitative estimate of drug-likeness (QED) is 0.474. The van der Waals surface area contributed by atoms with Crippen LogP contribution < -0.4 is 9.47 Å². The number of imide groups is 1. The summed E-state index contributed by atoms with van der Waals surface area (Å²) >= 11 is 0. The summed E-state index contributed by atoms with van der Waals surface area (Å²) in [6, 6.07) is 19.2. The predicted octanol–water partition coefficient (Wildman–Crippen LogP) is 4.29. The fourth-order valence-electron chi connectivity index (χ4n) is 3.91. The van der Waals surface area contributed by atoms with E-state index in [9.17, 15) is 9.59 Å². The SMILES string of the molecule is COc1cccc(-c2ccc(OCC(CCc3cccnc3)N3C(=O)CCC3=O)cc2)c1. The lowest BCUT2D eigenvalue weighted by Crippen LogP contribution is -2.43. The van der Waals surface area contributed by atoms with Crippen LogP contribution in [0.5, 0.6) is 11.5 Å². The molecule has 1 aliphatic rings. The minimum atomic E-state index is -0.309. The summed E-state index contributed by atoms with van der Waals surface area (Å²) in [5.41, 5.74) is 3.17. The van der Waals surface area contributed by atoms with Crippen molar-refractivity contribution < 1.29 is 19.1 Å². The number of carbonyl (C=O) groups excluding carboxylic acids is 2. The molecule has 2 amide bonds. The average Bonchev–Trinajstić information content (AvgIpc) is 3.18. The van der Waals surface area contributed by atoms with E-state index in [2.05, 4.69) is 4.98 Å². The van der Waals surface area contributed by atoms with Crippen LogP contribution in [0.2, 0.25) is 0 Å². The molecule has 6 nitrogen and oxygen atoms in total. The van der Waals surface area contributed by atoms with Gasteiger partial charge in [-0.05, 0) is 59.9 Å². The fourth-order valence-corrected chi connectivity index (χ4v) is 3.91. The Kier molecular flexibility index (Phi) is 6.80. The van der Waals surface area contributed by atoms with E-state index < -0.39 is 0 Å². The molecule has 1 unspecified atom stereocenters. The van der Waals surface area contributed by atoms with E-state index in [1.807, 2.05) is 66.9 Å². The first-order valence-corrected chi connectivity index (χ1v) is 10.7. The second-order valence-electron chi connectivity index (χ2n) is 7.78. The molecule has 0 bridgehead atoms. The lowest BCUT2D eigenvalue weighted by atomic mass is 10.1. The second kappa shape index (κ2) is 10.1. The molecular weight excluding hydrogens is 404 g/mol. The zero-order chi connectivity index (χ0) is 22.3. The Hall–Kier alpha value is -3.67. The van der Waals surface area contributed by atoms with Gasteiger partial charge in [0.1, 0.15) is 18.1 Å². The molecule has 4 rings (SSSR count). The van der Waals surface area contributed by atoms with Gasteiger partial charge < -0.3 is 9.47 Å². The lowest BCUT2D eigenvalue weighted by Gasteiger charge is -2.26.